The summed E-state index contributed by atoms with van der Waals surface area (Å²) in [6.07, 6.45) is 49.7. The average molecular weight is 814 g/mol. The molecule has 0 aromatic heterocycles. The molecule has 0 aliphatic rings. The van der Waals surface area contributed by atoms with Crippen LogP contribution in [0.15, 0.2) is 60.8 Å². The summed E-state index contributed by atoms with van der Waals surface area (Å²) >= 11 is 0. The van der Waals surface area contributed by atoms with E-state index in [4.69, 9.17) is 14.2 Å². The number of carbonyl (C=O) groups excluding carboxylic acids is 3. The highest BCUT2D eigenvalue weighted by Gasteiger charge is 2.25. The lowest BCUT2D eigenvalue weighted by Gasteiger charge is -2.34. The molecule has 0 aliphatic heterocycles. The molecule has 0 saturated heterocycles. The van der Waals surface area contributed by atoms with Gasteiger partial charge in [0.2, 0.25) is 0 Å². The summed E-state index contributed by atoms with van der Waals surface area (Å²) in [5, 5.41) is 11.6. The van der Waals surface area contributed by atoms with Crippen LogP contribution in [-0.2, 0) is 28.6 Å². The monoisotopic (exact) mass is 814 g/mol. The molecule has 0 fully saturated rings. The zero-order chi connectivity index (χ0) is 42.8. The molecule has 8 heteroatoms. The van der Waals surface area contributed by atoms with Crippen LogP contribution in [0.3, 0.4) is 0 Å². The predicted molar refractivity (Wildman–Crippen MR) is 240 cm³/mol. The number of rotatable bonds is 41. The van der Waals surface area contributed by atoms with E-state index in [2.05, 4.69) is 74.6 Å². The van der Waals surface area contributed by atoms with Crippen LogP contribution in [0.1, 0.15) is 187 Å². The van der Waals surface area contributed by atoms with Gasteiger partial charge in [0.15, 0.2) is 6.10 Å². The molecule has 334 valence electrons. The summed E-state index contributed by atoms with van der Waals surface area (Å²) in [6, 6.07) is -0.731. The molecule has 8 nitrogen and oxygen atoms in total. The molecule has 0 aromatic carbocycles. The summed E-state index contributed by atoms with van der Waals surface area (Å²) in [5.74, 6) is -1.77. The van der Waals surface area contributed by atoms with Crippen molar-refractivity contribution in [2.45, 2.75) is 199 Å². The molecule has 0 N–H and O–H groups in total. The maximum Gasteiger partial charge on any atom is 0.306 e. The van der Waals surface area contributed by atoms with Gasteiger partial charge >= 0.3 is 11.9 Å². The summed E-state index contributed by atoms with van der Waals surface area (Å²) < 4.78 is 17.1. The first kappa shape index (κ1) is 55.0. The number of carboxylic acid groups (broad SMARTS) is 1. The molecule has 2 unspecified atom stereocenters. The third-order valence-corrected chi connectivity index (χ3v) is 10.2. The molecule has 0 aliphatic carbocycles. The standard InChI is InChI=1S/C50H87NO7/c1-6-8-10-12-14-16-18-19-20-21-22-23-24-25-26-27-28-29-31-32-34-36-38-40-48(52)57-45-46(44-56-43-42-47(50(54)55)51(3,4)5)58-49(53)41-39-37-35-33-30-17-15-13-11-9-7-2/h8,10,13-17,19-20,30,46-47H,6-7,9,11-12,18,21-29,31-45H2,1-5H3/b10-8+,15-13+,16-14+,20-19+,30-17+. The zero-order valence-corrected chi connectivity index (χ0v) is 37.9. The molecule has 0 amide bonds. The van der Waals surface area contributed by atoms with Gasteiger partial charge < -0.3 is 28.6 Å². The molecule has 58 heavy (non-hydrogen) atoms. The van der Waals surface area contributed by atoms with Crippen molar-refractivity contribution < 1.29 is 38.2 Å². The smallest absolute Gasteiger partial charge is 0.306 e. The quantitative estimate of drug-likeness (QED) is 0.0199. The molecule has 2 atom stereocenters. The molecule has 0 spiro atoms. The van der Waals surface area contributed by atoms with Crippen molar-refractivity contribution in [3.05, 3.63) is 60.8 Å². The average Bonchev–Trinajstić information content (AvgIpc) is 3.18. The van der Waals surface area contributed by atoms with Gasteiger partial charge in [-0.3, -0.25) is 9.59 Å². The molecule has 0 aromatic rings. The summed E-state index contributed by atoms with van der Waals surface area (Å²) in [4.78, 5) is 36.8. The van der Waals surface area contributed by atoms with Crippen LogP contribution in [0.5, 0.6) is 0 Å². The number of hydrogen-bond donors (Lipinski definition) is 0. The molecule has 0 bridgehead atoms. The van der Waals surface area contributed by atoms with Crippen LogP contribution in [0.4, 0.5) is 0 Å². The lowest BCUT2D eigenvalue weighted by Crippen LogP contribution is -2.55. The van der Waals surface area contributed by atoms with E-state index in [1.54, 1.807) is 21.1 Å². The van der Waals surface area contributed by atoms with Crippen LogP contribution >= 0.6 is 0 Å². The molecule has 0 rings (SSSR count). The first-order chi connectivity index (χ1) is 28.1. The van der Waals surface area contributed by atoms with Gasteiger partial charge in [0.25, 0.3) is 0 Å². The third-order valence-electron chi connectivity index (χ3n) is 10.2. The number of allylic oxidation sites excluding steroid dienone is 10. The van der Waals surface area contributed by atoms with Gasteiger partial charge in [0.1, 0.15) is 12.6 Å². The number of esters is 2. The number of carboxylic acids is 1. The van der Waals surface area contributed by atoms with Crippen molar-refractivity contribution in [1.82, 2.24) is 0 Å². The van der Waals surface area contributed by atoms with Gasteiger partial charge in [-0.15, -0.1) is 0 Å². The van der Waals surface area contributed by atoms with E-state index in [9.17, 15) is 19.5 Å². The highest BCUT2D eigenvalue weighted by molar-refractivity contribution is 5.70. The first-order valence-corrected chi connectivity index (χ1v) is 23.3. The second-order valence-corrected chi connectivity index (χ2v) is 16.6. The number of quaternary nitrogens is 1. The fraction of sp³-hybridized carbons (Fsp3) is 0.740. The van der Waals surface area contributed by atoms with Crippen LogP contribution in [0.2, 0.25) is 0 Å². The highest BCUT2D eigenvalue weighted by Crippen LogP contribution is 2.15. The van der Waals surface area contributed by atoms with E-state index in [1.807, 2.05) is 0 Å². The van der Waals surface area contributed by atoms with Gasteiger partial charge in [-0.05, 0) is 64.2 Å². The van der Waals surface area contributed by atoms with Crippen LogP contribution < -0.4 is 5.11 Å². The summed E-state index contributed by atoms with van der Waals surface area (Å²) in [6.45, 7) is 4.47. The fourth-order valence-corrected chi connectivity index (χ4v) is 6.53. The molecule has 0 heterocycles. The zero-order valence-electron chi connectivity index (χ0n) is 37.9. The van der Waals surface area contributed by atoms with Gasteiger partial charge in [-0.25, -0.2) is 0 Å². The minimum atomic E-state index is -1.13. The van der Waals surface area contributed by atoms with Crippen LogP contribution in [0, 0.1) is 0 Å². The normalized spacial score (nSPS) is 13.5. The van der Waals surface area contributed by atoms with Crippen LogP contribution in [0.25, 0.3) is 0 Å². The van der Waals surface area contributed by atoms with E-state index >= 15 is 0 Å². The Hall–Kier alpha value is -2.97. The number of carbonyl (C=O) groups is 3. The summed E-state index contributed by atoms with van der Waals surface area (Å²) in [7, 11) is 5.39. The van der Waals surface area contributed by atoms with Crippen molar-refractivity contribution in [2.24, 2.45) is 0 Å². The number of likely N-dealkylation sites (N-methyl/N-ethyl adjacent to an activating group) is 1. The van der Waals surface area contributed by atoms with E-state index in [0.29, 0.717) is 6.42 Å². The lowest BCUT2D eigenvalue weighted by atomic mass is 10.0. The Morgan fingerprint density at radius 1 is 0.552 bits per heavy atom. The molecule has 0 saturated carbocycles. The predicted octanol–water partition coefficient (Wildman–Crippen LogP) is 11.6. The Kier molecular flexibility index (Phi) is 38.7. The van der Waals surface area contributed by atoms with Crippen molar-refractivity contribution in [3.63, 3.8) is 0 Å². The molecule has 0 radical (unpaired) electrons. The summed E-state index contributed by atoms with van der Waals surface area (Å²) in [5.41, 5.74) is 0. The third kappa shape index (κ3) is 38.5. The number of ether oxygens (including phenoxy) is 3. The van der Waals surface area contributed by atoms with E-state index < -0.39 is 18.1 Å². The number of aliphatic carboxylic acids is 1. The maximum atomic E-state index is 12.7. The molecular formula is C50H87NO7. The Labute approximate surface area is 356 Å². The second kappa shape index (κ2) is 40.8. The van der Waals surface area contributed by atoms with E-state index in [-0.39, 0.29) is 49.1 Å². The topological polar surface area (TPSA) is 102 Å². The Bertz CT molecular complexity index is 1130. The SMILES string of the molecule is CC/C=C/C/C=C/C/C=C/CCCCCCCCCCCCCCCC(=O)OCC(COCCC(C(=O)[O-])[N+](C)(C)C)OC(=O)CCCCC/C=C/C=C/CCCC. The number of nitrogens with zero attached hydrogens (tertiary/aromatic N) is 1. The van der Waals surface area contributed by atoms with Gasteiger partial charge in [0, 0.05) is 19.3 Å². The van der Waals surface area contributed by atoms with Crippen molar-refractivity contribution in [1.29, 1.82) is 0 Å². The molecular weight excluding hydrogens is 727 g/mol. The minimum absolute atomic E-state index is 0.0285. The van der Waals surface area contributed by atoms with Gasteiger partial charge in [-0.2, -0.15) is 0 Å². The Balaban J connectivity index is 4.20. The van der Waals surface area contributed by atoms with Gasteiger partial charge in [-0.1, -0.05) is 164 Å². The van der Waals surface area contributed by atoms with Crippen LogP contribution in [-0.4, -0.2) is 75.5 Å². The Morgan fingerprint density at radius 2 is 1.02 bits per heavy atom. The first-order valence-electron chi connectivity index (χ1n) is 23.3. The van der Waals surface area contributed by atoms with E-state index in [0.717, 1.165) is 70.6 Å². The highest BCUT2D eigenvalue weighted by atomic mass is 16.6. The number of hydrogen-bond acceptors (Lipinski definition) is 7. The fourth-order valence-electron chi connectivity index (χ4n) is 6.53. The maximum absolute atomic E-state index is 12.7. The Morgan fingerprint density at radius 3 is 1.55 bits per heavy atom. The minimum Gasteiger partial charge on any atom is -0.544 e. The number of unbranched alkanes of at least 4 members (excludes halogenated alkanes) is 18. The van der Waals surface area contributed by atoms with Crippen molar-refractivity contribution >= 4 is 17.9 Å². The largest absolute Gasteiger partial charge is 0.544 e. The van der Waals surface area contributed by atoms with Crippen molar-refractivity contribution in [2.75, 3.05) is 41.0 Å². The van der Waals surface area contributed by atoms with E-state index in [1.165, 1.54) is 83.5 Å². The van der Waals surface area contributed by atoms with Gasteiger partial charge in [0.05, 0.1) is 40.3 Å². The second-order valence-electron chi connectivity index (χ2n) is 16.6. The lowest BCUT2D eigenvalue weighted by molar-refractivity contribution is -0.889. The van der Waals surface area contributed by atoms with Crippen molar-refractivity contribution in [3.8, 4) is 0 Å².